The molecule has 2 heterocycles. The van der Waals surface area contributed by atoms with Gasteiger partial charge in [-0.25, -0.2) is 4.98 Å². The first-order valence-corrected chi connectivity index (χ1v) is 6.89. The number of aromatic nitrogens is 1. The smallest absolute Gasteiger partial charge is 0.123 e. The molecular weight excluding hydrogens is 244 g/mol. The van der Waals surface area contributed by atoms with E-state index in [9.17, 15) is 0 Å². The van der Waals surface area contributed by atoms with Gasteiger partial charge in [0.2, 0.25) is 0 Å². The van der Waals surface area contributed by atoms with E-state index in [4.69, 9.17) is 10.5 Å². The molecule has 0 radical (unpaired) electrons. The number of nitrogen functional groups attached to an aromatic ring is 1. The predicted molar refractivity (Wildman–Crippen MR) is 73.9 cm³/mol. The molecule has 0 saturated carbocycles. The van der Waals surface area contributed by atoms with Crippen LogP contribution in [0.4, 0.5) is 5.69 Å². The molecule has 92 valence electrons. The van der Waals surface area contributed by atoms with Gasteiger partial charge in [0.15, 0.2) is 0 Å². The molecule has 0 saturated heterocycles. The third-order valence-electron chi connectivity index (χ3n) is 2.92. The molecule has 3 rings (SSSR count). The van der Waals surface area contributed by atoms with Crippen LogP contribution >= 0.6 is 11.8 Å². The van der Waals surface area contributed by atoms with Crippen LogP contribution in [0.15, 0.2) is 47.6 Å². The number of hydrogen-bond donors (Lipinski definition) is 1. The minimum absolute atomic E-state index is 0.216. The number of nitrogens with zero attached hydrogens (tertiary/aromatic N) is 1. The maximum Gasteiger partial charge on any atom is 0.123 e. The molecule has 1 unspecified atom stereocenters. The molecule has 0 amide bonds. The molecular formula is C14H14N2OS. The summed E-state index contributed by atoms with van der Waals surface area (Å²) in [5.74, 6) is 1.88. The molecule has 0 bridgehead atoms. The number of thioether (sulfide) groups is 1. The zero-order valence-corrected chi connectivity index (χ0v) is 10.7. The highest BCUT2D eigenvalue weighted by atomic mass is 32.2. The van der Waals surface area contributed by atoms with E-state index < -0.39 is 0 Å². The highest BCUT2D eigenvalue weighted by Crippen LogP contribution is 2.31. The molecule has 2 aromatic rings. The van der Waals surface area contributed by atoms with E-state index >= 15 is 0 Å². The van der Waals surface area contributed by atoms with Crippen LogP contribution in [0.3, 0.4) is 0 Å². The van der Waals surface area contributed by atoms with Crippen LogP contribution in [0, 0.1) is 0 Å². The Balaban J connectivity index is 1.62. The number of ether oxygens (including phenoxy) is 1. The number of pyridine rings is 1. The zero-order valence-electron chi connectivity index (χ0n) is 9.87. The van der Waals surface area contributed by atoms with Gasteiger partial charge in [-0.2, -0.15) is 0 Å². The molecule has 0 fully saturated rings. The normalized spacial score (nSPS) is 17.2. The Morgan fingerprint density at radius 1 is 1.28 bits per heavy atom. The first kappa shape index (κ1) is 11.4. The molecule has 18 heavy (non-hydrogen) atoms. The van der Waals surface area contributed by atoms with E-state index in [1.54, 1.807) is 18.0 Å². The summed E-state index contributed by atoms with van der Waals surface area (Å²) in [6.07, 6.45) is 2.95. The van der Waals surface area contributed by atoms with Crippen molar-refractivity contribution >= 4 is 17.4 Å². The van der Waals surface area contributed by atoms with Gasteiger partial charge in [-0.1, -0.05) is 18.2 Å². The minimum Gasteiger partial charge on any atom is -0.489 e. The SMILES string of the molecule is Nc1cccnc1SCC1Cc2ccccc2O1. The van der Waals surface area contributed by atoms with Crippen molar-refractivity contribution in [2.24, 2.45) is 0 Å². The molecule has 0 spiro atoms. The summed E-state index contributed by atoms with van der Waals surface area (Å²) < 4.78 is 5.88. The fraction of sp³-hybridized carbons (Fsp3) is 0.214. The van der Waals surface area contributed by atoms with Crippen LogP contribution in [0.2, 0.25) is 0 Å². The Labute approximate surface area is 110 Å². The Morgan fingerprint density at radius 3 is 3.00 bits per heavy atom. The summed E-state index contributed by atoms with van der Waals surface area (Å²) >= 11 is 1.65. The van der Waals surface area contributed by atoms with Crippen molar-refractivity contribution in [3.63, 3.8) is 0 Å². The van der Waals surface area contributed by atoms with Crippen LogP contribution in [0.25, 0.3) is 0 Å². The first-order valence-electron chi connectivity index (χ1n) is 5.91. The number of benzene rings is 1. The zero-order chi connectivity index (χ0) is 12.4. The van der Waals surface area contributed by atoms with Crippen molar-refractivity contribution in [3.05, 3.63) is 48.2 Å². The Morgan fingerprint density at radius 2 is 2.17 bits per heavy atom. The predicted octanol–water partition coefficient (Wildman–Crippen LogP) is 2.76. The second kappa shape index (κ2) is 4.90. The highest BCUT2D eigenvalue weighted by Gasteiger charge is 2.22. The lowest BCUT2D eigenvalue weighted by Crippen LogP contribution is -2.16. The third-order valence-corrected chi connectivity index (χ3v) is 4.07. The quantitative estimate of drug-likeness (QED) is 0.860. The maximum atomic E-state index is 5.88. The average molecular weight is 258 g/mol. The van der Waals surface area contributed by atoms with Crippen molar-refractivity contribution in [2.45, 2.75) is 17.6 Å². The van der Waals surface area contributed by atoms with Crippen molar-refractivity contribution in [3.8, 4) is 5.75 Å². The Bertz CT molecular complexity index is 534. The van der Waals surface area contributed by atoms with Crippen LogP contribution in [-0.2, 0) is 6.42 Å². The lowest BCUT2D eigenvalue weighted by molar-refractivity contribution is 0.259. The van der Waals surface area contributed by atoms with Gasteiger partial charge in [0, 0.05) is 18.4 Å². The first-order chi connectivity index (χ1) is 8.83. The minimum atomic E-state index is 0.216. The van der Waals surface area contributed by atoms with E-state index in [1.165, 1.54) is 5.56 Å². The van der Waals surface area contributed by atoms with Crippen molar-refractivity contribution in [1.82, 2.24) is 4.98 Å². The van der Waals surface area contributed by atoms with Crippen LogP contribution in [-0.4, -0.2) is 16.8 Å². The number of para-hydroxylation sites is 1. The number of hydrogen-bond acceptors (Lipinski definition) is 4. The average Bonchev–Trinajstić information content (AvgIpc) is 2.80. The van der Waals surface area contributed by atoms with Gasteiger partial charge in [-0.3, -0.25) is 0 Å². The van der Waals surface area contributed by atoms with Crippen LogP contribution in [0.5, 0.6) is 5.75 Å². The van der Waals surface area contributed by atoms with Gasteiger partial charge in [-0.05, 0) is 23.8 Å². The summed E-state index contributed by atoms with van der Waals surface area (Å²) in [7, 11) is 0. The molecule has 0 aliphatic carbocycles. The van der Waals surface area contributed by atoms with Gasteiger partial charge in [0.1, 0.15) is 16.9 Å². The maximum absolute atomic E-state index is 5.88. The van der Waals surface area contributed by atoms with Crippen molar-refractivity contribution in [2.75, 3.05) is 11.5 Å². The summed E-state index contributed by atoms with van der Waals surface area (Å²) in [6, 6.07) is 11.9. The van der Waals surface area contributed by atoms with Crippen molar-refractivity contribution < 1.29 is 4.74 Å². The summed E-state index contributed by atoms with van der Waals surface area (Å²) in [4.78, 5) is 4.27. The van der Waals surface area contributed by atoms with Gasteiger partial charge in [-0.15, -0.1) is 11.8 Å². The molecule has 3 nitrogen and oxygen atoms in total. The highest BCUT2D eigenvalue weighted by molar-refractivity contribution is 7.99. The second-order valence-electron chi connectivity index (χ2n) is 4.26. The number of anilines is 1. The Kier molecular flexibility index (Phi) is 3.11. The van der Waals surface area contributed by atoms with E-state index in [1.807, 2.05) is 24.3 Å². The van der Waals surface area contributed by atoms with E-state index in [-0.39, 0.29) is 6.10 Å². The lowest BCUT2D eigenvalue weighted by Gasteiger charge is -2.10. The summed E-state index contributed by atoms with van der Waals surface area (Å²) in [6.45, 7) is 0. The van der Waals surface area contributed by atoms with Crippen LogP contribution < -0.4 is 10.5 Å². The Hall–Kier alpha value is -1.68. The second-order valence-corrected chi connectivity index (χ2v) is 5.27. The van der Waals surface area contributed by atoms with Gasteiger partial charge in [0.25, 0.3) is 0 Å². The molecule has 1 aliphatic rings. The van der Waals surface area contributed by atoms with E-state index in [2.05, 4.69) is 17.1 Å². The van der Waals surface area contributed by atoms with Gasteiger partial charge < -0.3 is 10.5 Å². The third kappa shape index (κ3) is 2.29. The van der Waals surface area contributed by atoms with Crippen LogP contribution in [0.1, 0.15) is 5.56 Å². The molecule has 1 aromatic heterocycles. The van der Waals surface area contributed by atoms with E-state index in [0.29, 0.717) is 0 Å². The topological polar surface area (TPSA) is 48.1 Å². The monoisotopic (exact) mass is 258 g/mol. The summed E-state index contributed by atoms with van der Waals surface area (Å²) in [5.41, 5.74) is 7.89. The van der Waals surface area contributed by atoms with Gasteiger partial charge >= 0.3 is 0 Å². The number of rotatable bonds is 3. The largest absolute Gasteiger partial charge is 0.489 e. The fourth-order valence-corrected chi connectivity index (χ4v) is 2.94. The fourth-order valence-electron chi connectivity index (χ4n) is 2.04. The summed E-state index contributed by atoms with van der Waals surface area (Å²) in [5, 5.41) is 0.886. The van der Waals surface area contributed by atoms with E-state index in [0.717, 1.165) is 28.6 Å². The standard InChI is InChI=1S/C14H14N2OS/c15-12-5-3-7-16-14(12)18-9-11-8-10-4-1-2-6-13(10)17-11/h1-7,11H,8-9,15H2. The number of nitrogens with two attached hydrogens (primary N) is 1. The number of fused-ring (bicyclic) bond motifs is 1. The molecule has 1 aliphatic heterocycles. The molecule has 1 aromatic carbocycles. The molecule has 1 atom stereocenters. The van der Waals surface area contributed by atoms with Crippen molar-refractivity contribution in [1.29, 1.82) is 0 Å². The molecule has 2 N–H and O–H groups in total. The lowest BCUT2D eigenvalue weighted by atomic mass is 10.1. The van der Waals surface area contributed by atoms with Gasteiger partial charge in [0.05, 0.1) is 5.69 Å². The molecule has 4 heteroatoms.